The van der Waals surface area contributed by atoms with Crippen molar-refractivity contribution in [3.05, 3.63) is 45.7 Å². The summed E-state index contributed by atoms with van der Waals surface area (Å²) in [6.07, 6.45) is 1.62. The van der Waals surface area contributed by atoms with Gasteiger partial charge in [0.2, 0.25) is 0 Å². The molecule has 7 heteroatoms. The molecule has 0 spiro atoms. The van der Waals surface area contributed by atoms with Crippen molar-refractivity contribution in [3.8, 4) is 0 Å². The van der Waals surface area contributed by atoms with E-state index in [4.69, 9.17) is 12.2 Å². The van der Waals surface area contributed by atoms with Crippen LogP contribution in [0, 0.1) is 23.2 Å². The first-order valence-electron chi connectivity index (χ1n) is 7.74. The highest BCUT2D eigenvalue weighted by Crippen LogP contribution is 2.32. The Balaban J connectivity index is 0.000000671. The van der Waals surface area contributed by atoms with E-state index in [1.807, 2.05) is 27.7 Å². The lowest BCUT2D eigenvalue weighted by molar-refractivity contribution is 0.598. The van der Waals surface area contributed by atoms with Crippen LogP contribution < -0.4 is 5.32 Å². The molecule has 1 aromatic carbocycles. The number of aromatic amines is 1. The summed E-state index contributed by atoms with van der Waals surface area (Å²) in [6, 6.07) is 2.95. The quantitative estimate of drug-likeness (QED) is 0.492. The molecule has 0 amide bonds. The fourth-order valence-electron chi connectivity index (χ4n) is 1.87. The summed E-state index contributed by atoms with van der Waals surface area (Å²) < 4.78 is 29.3. The van der Waals surface area contributed by atoms with E-state index in [1.165, 1.54) is 22.9 Å². The van der Waals surface area contributed by atoms with E-state index in [0.717, 1.165) is 5.56 Å². The highest BCUT2D eigenvalue weighted by Gasteiger charge is 2.16. The van der Waals surface area contributed by atoms with Crippen molar-refractivity contribution in [1.29, 1.82) is 0 Å². The predicted octanol–water partition coefficient (Wildman–Crippen LogP) is 6.74. The number of fused-ring (bicyclic) bond motifs is 1. The minimum Gasteiger partial charge on any atom is -0.353 e. The van der Waals surface area contributed by atoms with Gasteiger partial charge in [0.25, 0.3) is 0 Å². The van der Waals surface area contributed by atoms with Gasteiger partial charge >= 0.3 is 0 Å². The first-order valence-corrected chi connectivity index (χ1v) is 9.03. The molecule has 0 aliphatic heterocycles. The lowest BCUT2D eigenvalue weighted by Crippen LogP contribution is -2.00. The zero-order valence-corrected chi connectivity index (χ0v) is 16.0. The van der Waals surface area contributed by atoms with Gasteiger partial charge in [0.15, 0.2) is 11.6 Å². The van der Waals surface area contributed by atoms with Crippen LogP contribution in [0.5, 0.6) is 0 Å². The maximum atomic E-state index is 14.3. The van der Waals surface area contributed by atoms with Gasteiger partial charge in [0, 0.05) is 17.4 Å². The number of H-pyrrole nitrogens is 1. The average Bonchev–Trinajstić information content (AvgIpc) is 3.07. The lowest BCUT2D eigenvalue weighted by Gasteiger charge is -2.11. The van der Waals surface area contributed by atoms with Crippen molar-refractivity contribution in [1.82, 2.24) is 9.97 Å². The number of nitrogens with one attached hydrogen (secondary N) is 2. The van der Waals surface area contributed by atoms with E-state index in [-0.39, 0.29) is 11.2 Å². The first kappa shape index (κ1) is 20.2. The molecule has 2 aromatic heterocycles. The Labute approximate surface area is 149 Å². The van der Waals surface area contributed by atoms with Crippen LogP contribution in [-0.4, -0.2) is 9.97 Å². The lowest BCUT2D eigenvalue weighted by atomic mass is 10.2. The number of hydrogen-bond acceptors (Lipinski definition) is 4. The number of anilines is 2. The van der Waals surface area contributed by atoms with Gasteiger partial charge in [0.1, 0.15) is 15.8 Å². The van der Waals surface area contributed by atoms with Crippen molar-refractivity contribution in [2.45, 2.75) is 34.6 Å². The van der Waals surface area contributed by atoms with Gasteiger partial charge in [-0.2, -0.15) is 0 Å². The summed E-state index contributed by atoms with van der Waals surface area (Å²) in [6.45, 7) is 9.78. The summed E-state index contributed by atoms with van der Waals surface area (Å²) in [5.41, 5.74) is 2.71. The summed E-state index contributed by atoms with van der Waals surface area (Å²) in [7, 11) is 0. The van der Waals surface area contributed by atoms with Gasteiger partial charge in [-0.1, -0.05) is 39.9 Å². The molecule has 130 valence electrons. The van der Waals surface area contributed by atoms with E-state index < -0.39 is 11.6 Å². The van der Waals surface area contributed by atoms with Crippen molar-refractivity contribution in [2.75, 3.05) is 5.32 Å². The van der Waals surface area contributed by atoms with E-state index >= 15 is 0 Å². The topological polar surface area (TPSA) is 40.7 Å². The fourth-order valence-corrected chi connectivity index (χ4v) is 2.75. The van der Waals surface area contributed by atoms with Crippen LogP contribution in [0.4, 0.5) is 20.2 Å². The Bertz CT molecular complexity index is 857. The maximum Gasteiger partial charge on any atom is 0.176 e. The molecule has 3 aromatic rings. The van der Waals surface area contributed by atoms with Crippen LogP contribution in [0.2, 0.25) is 0 Å². The zero-order chi connectivity index (χ0) is 18.3. The Morgan fingerprint density at radius 3 is 2.54 bits per heavy atom. The average molecular weight is 370 g/mol. The Morgan fingerprint density at radius 1 is 1.21 bits per heavy atom. The highest BCUT2D eigenvalue weighted by atomic mass is 32.1. The molecule has 0 aliphatic carbocycles. The van der Waals surface area contributed by atoms with Crippen LogP contribution in [0.3, 0.4) is 0 Å². The van der Waals surface area contributed by atoms with Crippen LogP contribution in [0.15, 0.2) is 23.8 Å². The molecule has 0 saturated carbocycles. The summed E-state index contributed by atoms with van der Waals surface area (Å²) in [5, 5.41) is 2.76. The molecule has 3 rings (SSSR count). The van der Waals surface area contributed by atoms with Crippen LogP contribution in [0.25, 0.3) is 10.2 Å². The van der Waals surface area contributed by atoms with E-state index in [0.29, 0.717) is 15.0 Å². The summed E-state index contributed by atoms with van der Waals surface area (Å²) in [5.74, 6) is -1.35. The molecule has 0 fully saturated rings. The van der Waals surface area contributed by atoms with E-state index in [9.17, 15) is 8.78 Å². The van der Waals surface area contributed by atoms with E-state index in [1.54, 1.807) is 19.2 Å². The molecule has 0 aliphatic rings. The van der Waals surface area contributed by atoms with Gasteiger partial charge in [-0.15, -0.1) is 11.3 Å². The molecule has 0 unspecified atom stereocenters. The van der Waals surface area contributed by atoms with Crippen molar-refractivity contribution < 1.29 is 8.78 Å². The molecule has 0 saturated heterocycles. The monoisotopic (exact) mass is 369 g/mol. The second kappa shape index (κ2) is 9.44. The summed E-state index contributed by atoms with van der Waals surface area (Å²) in [4.78, 5) is 6.77. The smallest absolute Gasteiger partial charge is 0.176 e. The minimum atomic E-state index is -0.695. The molecular formula is C17H21F2N3S2. The molecule has 3 nitrogen and oxygen atoms in total. The number of rotatable bonds is 2. The molecular weight excluding hydrogens is 348 g/mol. The second-order valence-corrected chi connectivity index (χ2v) is 5.51. The van der Waals surface area contributed by atoms with Crippen LogP contribution >= 0.6 is 23.6 Å². The van der Waals surface area contributed by atoms with Gasteiger partial charge in [-0.3, -0.25) is 0 Å². The first-order chi connectivity index (χ1) is 11.6. The number of pyridine rings is 1. The third kappa shape index (κ3) is 4.15. The number of aromatic nitrogens is 2. The van der Waals surface area contributed by atoms with Crippen LogP contribution in [0.1, 0.15) is 33.3 Å². The zero-order valence-electron chi connectivity index (χ0n) is 14.3. The van der Waals surface area contributed by atoms with Crippen LogP contribution in [-0.2, 0) is 0 Å². The Kier molecular flexibility index (Phi) is 7.94. The fraction of sp³-hybridized carbons (Fsp3) is 0.294. The largest absolute Gasteiger partial charge is 0.353 e. The third-order valence-corrected chi connectivity index (χ3v) is 4.19. The SMILES string of the molecule is CC.CC.Cc1c(Nc2c(F)cc3scnc3c2F)cc[nH]c1=S. The molecule has 0 bridgehead atoms. The number of thiazole rings is 1. The minimum absolute atomic E-state index is 0.164. The predicted molar refractivity (Wildman–Crippen MR) is 102 cm³/mol. The second-order valence-electron chi connectivity index (χ2n) is 4.22. The third-order valence-electron chi connectivity index (χ3n) is 2.99. The van der Waals surface area contributed by atoms with Gasteiger partial charge in [-0.05, 0) is 19.1 Å². The van der Waals surface area contributed by atoms with Gasteiger partial charge in [-0.25, -0.2) is 13.8 Å². The van der Waals surface area contributed by atoms with Gasteiger partial charge in [0.05, 0.1) is 10.2 Å². The molecule has 24 heavy (non-hydrogen) atoms. The van der Waals surface area contributed by atoms with Crippen molar-refractivity contribution in [3.63, 3.8) is 0 Å². The van der Waals surface area contributed by atoms with Crippen molar-refractivity contribution >= 4 is 45.1 Å². The standard InChI is InChI=1S/C13H9F2N3S2.2C2H6/c1-6-8(2-3-16-13(6)19)18-11-7(14)4-9-12(10(11)15)17-5-20-9;2*1-2/h2-5H,1H3,(H2,16,18,19);2*1-2H3. The maximum absolute atomic E-state index is 14.3. The van der Waals surface area contributed by atoms with Gasteiger partial charge < -0.3 is 10.3 Å². The van der Waals surface area contributed by atoms with Crippen molar-refractivity contribution in [2.24, 2.45) is 0 Å². The highest BCUT2D eigenvalue weighted by molar-refractivity contribution is 7.71. The molecule has 0 radical (unpaired) electrons. The Hall–Kier alpha value is -1.86. The number of benzene rings is 1. The molecule has 0 atom stereocenters. The molecule has 2 N–H and O–H groups in total. The number of hydrogen-bond donors (Lipinski definition) is 2. The Morgan fingerprint density at radius 2 is 1.88 bits per heavy atom. The summed E-state index contributed by atoms with van der Waals surface area (Å²) >= 11 is 6.29. The number of nitrogens with zero attached hydrogens (tertiary/aromatic N) is 1. The van der Waals surface area contributed by atoms with E-state index in [2.05, 4.69) is 15.3 Å². The molecule has 2 heterocycles. The number of halogens is 2. The normalized spacial score (nSPS) is 9.62.